The molecule has 5 rings (SSSR count). The summed E-state index contributed by atoms with van der Waals surface area (Å²) < 4.78 is 0. The van der Waals surface area contributed by atoms with Crippen LogP contribution in [0.3, 0.4) is 0 Å². The largest absolute Gasteiger partial charge is 0.351 e. The van der Waals surface area contributed by atoms with Gasteiger partial charge in [-0.15, -0.1) is 0 Å². The molecule has 2 bridgehead atoms. The lowest BCUT2D eigenvalue weighted by atomic mass is 9.67. The molecule has 4 aliphatic rings. The second kappa shape index (κ2) is 9.48. The van der Waals surface area contributed by atoms with Gasteiger partial charge in [0.25, 0.3) is 0 Å². The summed E-state index contributed by atoms with van der Waals surface area (Å²) in [5.41, 5.74) is 0. The number of carbonyl (C=O) groups excluding carboxylic acids is 2. The van der Waals surface area contributed by atoms with Gasteiger partial charge in [-0.1, -0.05) is 36.6 Å². The van der Waals surface area contributed by atoms with Gasteiger partial charge in [0.1, 0.15) is 0 Å². The molecule has 4 unspecified atom stereocenters. The van der Waals surface area contributed by atoms with E-state index in [9.17, 15) is 9.59 Å². The van der Waals surface area contributed by atoms with Crippen molar-refractivity contribution in [3.05, 3.63) is 29.7 Å². The summed E-state index contributed by atoms with van der Waals surface area (Å²) in [6.07, 6.45) is 14.0. The number of hydrogen-bond acceptors (Lipinski definition) is 6. The lowest BCUT2D eigenvalue weighted by molar-refractivity contribution is -0.140. The van der Waals surface area contributed by atoms with E-state index in [2.05, 4.69) is 31.9 Å². The molecule has 2 saturated heterocycles. The highest BCUT2D eigenvalue weighted by atomic mass is 35.5. The summed E-state index contributed by atoms with van der Waals surface area (Å²) in [4.78, 5) is 41.0. The van der Waals surface area contributed by atoms with Gasteiger partial charge in [-0.3, -0.25) is 19.4 Å². The first kappa shape index (κ1) is 21.8. The molecule has 4 atom stereocenters. The van der Waals surface area contributed by atoms with Crippen molar-refractivity contribution in [2.24, 2.45) is 23.7 Å². The fourth-order valence-electron chi connectivity index (χ4n) is 6.05. The van der Waals surface area contributed by atoms with E-state index >= 15 is 0 Å². The van der Waals surface area contributed by atoms with Crippen LogP contribution in [0, 0.1) is 23.7 Å². The fourth-order valence-corrected chi connectivity index (χ4v) is 6.27. The number of nitrogens with zero attached hydrogens (tertiary/aromatic N) is 5. The van der Waals surface area contributed by atoms with E-state index in [1.807, 2.05) is 0 Å². The highest BCUT2D eigenvalue weighted by Gasteiger charge is 2.54. The van der Waals surface area contributed by atoms with E-state index in [0.717, 1.165) is 64.2 Å². The number of anilines is 1. The van der Waals surface area contributed by atoms with Crippen molar-refractivity contribution in [3.63, 3.8) is 0 Å². The van der Waals surface area contributed by atoms with Crippen LogP contribution in [-0.4, -0.2) is 70.9 Å². The Morgan fingerprint density at radius 2 is 1.44 bits per heavy atom. The quantitative estimate of drug-likeness (QED) is 0.371. The molecule has 1 aromatic rings. The third-order valence-corrected chi connectivity index (χ3v) is 8.02. The van der Waals surface area contributed by atoms with Gasteiger partial charge in [0.15, 0.2) is 11.0 Å². The van der Waals surface area contributed by atoms with Gasteiger partial charge in [0.05, 0.1) is 11.8 Å². The van der Waals surface area contributed by atoms with Crippen LogP contribution in [0.2, 0.25) is 5.15 Å². The van der Waals surface area contributed by atoms with Gasteiger partial charge in [-0.2, -0.15) is 0 Å². The first-order valence-electron chi connectivity index (χ1n) is 12.1. The molecule has 0 radical (unpaired) electrons. The van der Waals surface area contributed by atoms with Gasteiger partial charge >= 0.3 is 0 Å². The topological polar surface area (TPSA) is 69.6 Å². The molecule has 0 N–H and O–H groups in total. The molecule has 0 saturated carbocycles. The van der Waals surface area contributed by atoms with Crippen LogP contribution >= 0.6 is 11.6 Å². The summed E-state index contributed by atoms with van der Waals surface area (Å²) in [6.45, 7) is 5.21. The predicted octanol–water partition coefficient (Wildman–Crippen LogP) is 3.01. The first-order valence-corrected chi connectivity index (χ1v) is 12.5. The molecule has 2 aliphatic carbocycles. The maximum absolute atomic E-state index is 13.1. The Balaban J connectivity index is 1.09. The normalized spacial score (nSPS) is 30.5. The van der Waals surface area contributed by atoms with E-state index in [4.69, 9.17) is 11.6 Å². The molecule has 32 heavy (non-hydrogen) atoms. The van der Waals surface area contributed by atoms with Gasteiger partial charge in [-0.05, 0) is 44.1 Å². The molecule has 7 nitrogen and oxygen atoms in total. The lowest BCUT2D eigenvalue weighted by Crippen LogP contribution is -2.47. The molecular formula is C24H32ClN5O2. The number of imide groups is 1. The van der Waals surface area contributed by atoms with Crippen LogP contribution in [0.5, 0.6) is 0 Å². The number of halogens is 1. The minimum Gasteiger partial charge on any atom is -0.351 e. The van der Waals surface area contributed by atoms with E-state index in [1.165, 1.54) is 12.8 Å². The van der Waals surface area contributed by atoms with Gasteiger partial charge in [0, 0.05) is 45.1 Å². The van der Waals surface area contributed by atoms with Crippen molar-refractivity contribution in [3.8, 4) is 0 Å². The second-order valence-electron chi connectivity index (χ2n) is 9.58. The SMILES string of the molecule is O=C1C2C3C=CC(CCCC3)C2C(=O)N1CCCCN1CCN(c2nccnc2Cl)CC1. The zero-order valence-corrected chi connectivity index (χ0v) is 19.3. The molecule has 2 amide bonds. The maximum Gasteiger partial charge on any atom is 0.233 e. The summed E-state index contributed by atoms with van der Waals surface area (Å²) in [7, 11) is 0. The van der Waals surface area contributed by atoms with E-state index in [-0.39, 0.29) is 35.5 Å². The third-order valence-electron chi connectivity index (χ3n) is 7.76. The Bertz CT molecular complexity index is 851. The van der Waals surface area contributed by atoms with E-state index in [0.29, 0.717) is 11.7 Å². The molecular weight excluding hydrogens is 426 g/mol. The minimum atomic E-state index is -0.0983. The van der Waals surface area contributed by atoms with Gasteiger partial charge < -0.3 is 4.90 Å². The number of fused-ring (bicyclic) bond motifs is 5. The molecule has 2 fully saturated rings. The van der Waals surface area contributed by atoms with Crippen molar-refractivity contribution < 1.29 is 9.59 Å². The fraction of sp³-hybridized carbons (Fsp3) is 0.667. The maximum atomic E-state index is 13.1. The zero-order valence-electron chi connectivity index (χ0n) is 18.5. The number of allylic oxidation sites excluding steroid dienone is 2. The number of hydrogen-bond donors (Lipinski definition) is 0. The standard InChI is InChI=1S/C24H32ClN5O2/c25-21-22(27-10-9-26-21)29-15-13-28(14-16-29)11-3-4-12-30-23(31)19-17-5-1-2-6-18(8-7-17)20(19)24(30)32/h7-10,17-20H,1-6,11-16H2. The zero-order chi connectivity index (χ0) is 22.1. The second-order valence-corrected chi connectivity index (χ2v) is 9.94. The van der Waals surface area contributed by atoms with Crippen molar-refractivity contribution in [2.75, 3.05) is 44.2 Å². The Labute approximate surface area is 194 Å². The molecule has 0 spiro atoms. The molecule has 172 valence electrons. The molecule has 2 aliphatic heterocycles. The van der Waals surface area contributed by atoms with Gasteiger partial charge in [0.2, 0.25) is 11.8 Å². The average Bonchev–Trinajstić information content (AvgIpc) is 3.03. The van der Waals surface area contributed by atoms with Crippen molar-refractivity contribution in [2.45, 2.75) is 38.5 Å². The minimum absolute atomic E-state index is 0.0933. The van der Waals surface area contributed by atoms with Crippen LogP contribution in [0.25, 0.3) is 0 Å². The summed E-state index contributed by atoms with van der Waals surface area (Å²) in [6, 6.07) is 0. The van der Waals surface area contributed by atoms with E-state index < -0.39 is 0 Å². The summed E-state index contributed by atoms with van der Waals surface area (Å²) in [5.74, 6) is 1.27. The molecule has 3 heterocycles. The summed E-state index contributed by atoms with van der Waals surface area (Å²) >= 11 is 6.17. The molecule has 1 aromatic heterocycles. The average molecular weight is 458 g/mol. The lowest BCUT2D eigenvalue weighted by Gasteiger charge is -2.35. The van der Waals surface area contributed by atoms with Crippen molar-refractivity contribution in [1.82, 2.24) is 19.8 Å². The Morgan fingerprint density at radius 1 is 0.844 bits per heavy atom. The monoisotopic (exact) mass is 457 g/mol. The van der Waals surface area contributed by atoms with Crippen molar-refractivity contribution in [1.29, 1.82) is 0 Å². The third kappa shape index (κ3) is 4.17. The van der Waals surface area contributed by atoms with Gasteiger partial charge in [-0.25, -0.2) is 9.97 Å². The van der Waals surface area contributed by atoms with Crippen molar-refractivity contribution >= 4 is 29.2 Å². The number of likely N-dealkylation sites (tertiary alicyclic amines) is 1. The highest BCUT2D eigenvalue weighted by Crippen LogP contribution is 2.46. The van der Waals surface area contributed by atoms with E-state index in [1.54, 1.807) is 17.3 Å². The number of piperazine rings is 1. The highest BCUT2D eigenvalue weighted by molar-refractivity contribution is 6.31. The molecule has 0 aromatic carbocycles. The number of aromatic nitrogens is 2. The first-order chi connectivity index (χ1) is 15.6. The number of amides is 2. The van der Waals surface area contributed by atoms with Crippen LogP contribution < -0.4 is 4.90 Å². The Kier molecular flexibility index (Phi) is 6.47. The Hall–Kier alpha value is -1.99. The number of carbonyl (C=O) groups is 2. The van der Waals surface area contributed by atoms with Crippen LogP contribution in [0.4, 0.5) is 5.82 Å². The van der Waals surface area contributed by atoms with Crippen LogP contribution in [0.15, 0.2) is 24.5 Å². The smallest absolute Gasteiger partial charge is 0.233 e. The van der Waals surface area contributed by atoms with Crippen LogP contribution in [-0.2, 0) is 9.59 Å². The number of rotatable bonds is 6. The number of unbranched alkanes of at least 4 members (excludes halogenated alkanes) is 1. The predicted molar refractivity (Wildman–Crippen MR) is 123 cm³/mol. The molecule has 8 heteroatoms. The Morgan fingerprint density at radius 3 is 2.06 bits per heavy atom. The van der Waals surface area contributed by atoms with Crippen LogP contribution in [0.1, 0.15) is 38.5 Å². The summed E-state index contributed by atoms with van der Waals surface area (Å²) in [5, 5.41) is 0.455.